The lowest BCUT2D eigenvalue weighted by atomic mass is 10.3. The summed E-state index contributed by atoms with van der Waals surface area (Å²) in [6, 6.07) is 0. The zero-order valence-electron chi connectivity index (χ0n) is 8.99. The minimum absolute atomic E-state index is 0.0674. The van der Waals surface area contributed by atoms with E-state index in [1.165, 1.54) is 0 Å². The third kappa shape index (κ3) is 3.24. The number of carbonyl (C=O) groups is 1. The van der Waals surface area contributed by atoms with Crippen LogP contribution in [0.2, 0.25) is 5.02 Å². The second kappa shape index (κ2) is 6.18. The number of thioether (sulfide) groups is 1. The second-order valence-corrected chi connectivity index (χ2v) is 4.81. The van der Waals surface area contributed by atoms with E-state index in [-0.39, 0.29) is 5.78 Å². The largest absolute Gasteiger partial charge is 0.291 e. The molecule has 0 bridgehead atoms. The number of rotatable bonds is 6. The van der Waals surface area contributed by atoms with Crippen molar-refractivity contribution >= 4 is 29.1 Å². The van der Waals surface area contributed by atoms with Crippen LogP contribution in [0.5, 0.6) is 0 Å². The van der Waals surface area contributed by atoms with Crippen molar-refractivity contribution in [2.75, 3.05) is 11.5 Å². The number of nitrogens with zero attached hydrogens (tertiary/aromatic N) is 2. The summed E-state index contributed by atoms with van der Waals surface area (Å²) in [4.78, 5) is 11.8. The van der Waals surface area contributed by atoms with Crippen LogP contribution in [0.1, 0.15) is 30.8 Å². The number of ketones is 1. The average Bonchev–Trinajstić information content (AvgIpc) is 2.57. The Bertz CT molecular complexity index is 338. The Labute approximate surface area is 99.2 Å². The number of aryl methyl sites for hydroxylation is 1. The van der Waals surface area contributed by atoms with Gasteiger partial charge in [0.15, 0.2) is 5.78 Å². The van der Waals surface area contributed by atoms with E-state index in [0.29, 0.717) is 16.5 Å². The molecule has 15 heavy (non-hydrogen) atoms. The summed E-state index contributed by atoms with van der Waals surface area (Å²) in [5.74, 6) is 1.48. The van der Waals surface area contributed by atoms with Gasteiger partial charge < -0.3 is 0 Å². The monoisotopic (exact) mass is 246 g/mol. The molecule has 0 aliphatic heterocycles. The number of Topliss-reactive ketones (excluding diaryl/α,β-unsaturated/α-hetero) is 1. The molecule has 0 aliphatic carbocycles. The number of hydrogen-bond donors (Lipinski definition) is 0. The molecule has 0 N–H and O–H groups in total. The summed E-state index contributed by atoms with van der Waals surface area (Å²) in [5.41, 5.74) is 0.555. The molecule has 0 aromatic carbocycles. The van der Waals surface area contributed by atoms with Gasteiger partial charge in [0.25, 0.3) is 0 Å². The molecule has 0 aliphatic rings. The van der Waals surface area contributed by atoms with E-state index in [9.17, 15) is 4.79 Å². The van der Waals surface area contributed by atoms with Crippen molar-refractivity contribution < 1.29 is 4.79 Å². The van der Waals surface area contributed by atoms with Crippen LogP contribution in [0.3, 0.4) is 0 Å². The summed E-state index contributed by atoms with van der Waals surface area (Å²) in [5, 5.41) is 4.55. The third-order valence-corrected chi connectivity index (χ3v) is 3.08. The summed E-state index contributed by atoms with van der Waals surface area (Å²) < 4.78 is 1.70. The van der Waals surface area contributed by atoms with Gasteiger partial charge in [-0.15, -0.1) is 0 Å². The van der Waals surface area contributed by atoms with Crippen LogP contribution in [0.25, 0.3) is 0 Å². The Morgan fingerprint density at radius 3 is 2.93 bits per heavy atom. The Morgan fingerprint density at radius 2 is 2.33 bits per heavy atom. The van der Waals surface area contributed by atoms with Crippen molar-refractivity contribution in [3.63, 3.8) is 0 Å². The zero-order chi connectivity index (χ0) is 11.3. The van der Waals surface area contributed by atoms with Crippen LogP contribution in [-0.2, 0) is 6.54 Å². The third-order valence-electron chi connectivity index (χ3n) is 1.93. The topological polar surface area (TPSA) is 34.9 Å². The first kappa shape index (κ1) is 12.6. The molecular formula is C10H15ClN2OS. The minimum atomic E-state index is 0.0674. The highest BCUT2D eigenvalue weighted by Crippen LogP contribution is 2.18. The van der Waals surface area contributed by atoms with E-state index < -0.39 is 0 Å². The average molecular weight is 247 g/mol. The quantitative estimate of drug-likeness (QED) is 0.724. The molecule has 0 saturated heterocycles. The van der Waals surface area contributed by atoms with Gasteiger partial charge in [-0.3, -0.25) is 9.48 Å². The lowest BCUT2D eigenvalue weighted by Crippen LogP contribution is -2.12. The first-order valence-corrected chi connectivity index (χ1v) is 6.56. The highest BCUT2D eigenvalue weighted by Gasteiger charge is 2.16. The first-order valence-electron chi connectivity index (χ1n) is 5.02. The molecule has 0 unspecified atom stereocenters. The van der Waals surface area contributed by atoms with E-state index in [2.05, 4.69) is 5.10 Å². The van der Waals surface area contributed by atoms with Gasteiger partial charge in [0.1, 0.15) is 5.69 Å². The number of aromatic nitrogens is 2. The Morgan fingerprint density at radius 1 is 1.60 bits per heavy atom. The molecule has 0 amide bonds. The SMILES string of the molecule is CCCn1ncc(Cl)c1C(=O)CSCC. The normalized spacial score (nSPS) is 10.6. The van der Waals surface area contributed by atoms with E-state index in [4.69, 9.17) is 11.6 Å². The van der Waals surface area contributed by atoms with Crippen LogP contribution >= 0.6 is 23.4 Å². The highest BCUT2D eigenvalue weighted by atomic mass is 35.5. The van der Waals surface area contributed by atoms with Gasteiger partial charge in [-0.2, -0.15) is 16.9 Å². The van der Waals surface area contributed by atoms with Crippen LogP contribution in [0.4, 0.5) is 0 Å². The molecule has 3 nitrogen and oxygen atoms in total. The van der Waals surface area contributed by atoms with Gasteiger partial charge in [-0.1, -0.05) is 25.4 Å². The Balaban J connectivity index is 2.80. The van der Waals surface area contributed by atoms with Crippen molar-refractivity contribution in [2.45, 2.75) is 26.8 Å². The predicted octanol–water partition coefficient (Wildman–Crippen LogP) is 2.88. The Kier molecular flexibility index (Phi) is 5.19. The maximum absolute atomic E-state index is 11.8. The first-order chi connectivity index (χ1) is 7.20. The molecule has 0 spiro atoms. The molecule has 1 aromatic rings. The molecule has 1 heterocycles. The molecule has 1 aromatic heterocycles. The van der Waals surface area contributed by atoms with Crippen LogP contribution < -0.4 is 0 Å². The number of hydrogen-bond acceptors (Lipinski definition) is 3. The molecule has 0 fully saturated rings. The maximum atomic E-state index is 11.8. The summed E-state index contributed by atoms with van der Waals surface area (Å²) >= 11 is 7.54. The molecule has 84 valence electrons. The summed E-state index contributed by atoms with van der Waals surface area (Å²) in [6.07, 6.45) is 2.49. The van der Waals surface area contributed by atoms with Gasteiger partial charge in [-0.05, 0) is 12.2 Å². The molecule has 0 atom stereocenters. The van der Waals surface area contributed by atoms with E-state index in [1.807, 2.05) is 13.8 Å². The van der Waals surface area contributed by atoms with Gasteiger partial charge in [0.2, 0.25) is 0 Å². The van der Waals surface area contributed by atoms with Crippen molar-refractivity contribution in [2.24, 2.45) is 0 Å². The van der Waals surface area contributed by atoms with E-state index in [0.717, 1.165) is 18.7 Å². The Hall–Kier alpha value is -0.480. The maximum Gasteiger partial charge on any atom is 0.192 e. The van der Waals surface area contributed by atoms with Crippen LogP contribution in [0, 0.1) is 0 Å². The van der Waals surface area contributed by atoms with Crippen LogP contribution in [-0.4, -0.2) is 27.1 Å². The number of carbonyl (C=O) groups excluding carboxylic acids is 1. The highest BCUT2D eigenvalue weighted by molar-refractivity contribution is 7.99. The predicted molar refractivity (Wildman–Crippen MR) is 64.9 cm³/mol. The zero-order valence-corrected chi connectivity index (χ0v) is 10.6. The molecule has 5 heteroatoms. The molecule has 1 rings (SSSR count). The lowest BCUT2D eigenvalue weighted by Gasteiger charge is -2.05. The molecule has 0 radical (unpaired) electrons. The fourth-order valence-electron chi connectivity index (χ4n) is 1.28. The smallest absolute Gasteiger partial charge is 0.192 e. The van der Waals surface area contributed by atoms with Crippen molar-refractivity contribution in [1.82, 2.24) is 9.78 Å². The number of halogens is 1. The standard InChI is InChI=1S/C10H15ClN2OS/c1-3-5-13-10(8(11)6-12-13)9(14)7-15-4-2/h6H,3-5,7H2,1-2H3. The van der Waals surface area contributed by atoms with Gasteiger partial charge in [0.05, 0.1) is 17.0 Å². The second-order valence-electron chi connectivity index (χ2n) is 3.12. The van der Waals surface area contributed by atoms with Gasteiger partial charge in [0, 0.05) is 6.54 Å². The van der Waals surface area contributed by atoms with Gasteiger partial charge in [-0.25, -0.2) is 0 Å². The fraction of sp³-hybridized carbons (Fsp3) is 0.600. The van der Waals surface area contributed by atoms with Gasteiger partial charge >= 0.3 is 0 Å². The minimum Gasteiger partial charge on any atom is -0.291 e. The lowest BCUT2D eigenvalue weighted by molar-refractivity contribution is 0.101. The van der Waals surface area contributed by atoms with Crippen molar-refractivity contribution in [1.29, 1.82) is 0 Å². The summed E-state index contributed by atoms with van der Waals surface area (Å²) in [6.45, 7) is 4.82. The van der Waals surface area contributed by atoms with Crippen LogP contribution in [0.15, 0.2) is 6.20 Å². The van der Waals surface area contributed by atoms with Crippen molar-refractivity contribution in [3.05, 3.63) is 16.9 Å². The molecule has 0 saturated carbocycles. The van der Waals surface area contributed by atoms with Crippen molar-refractivity contribution in [3.8, 4) is 0 Å². The fourth-order valence-corrected chi connectivity index (χ4v) is 2.06. The van der Waals surface area contributed by atoms with E-state index >= 15 is 0 Å². The molecular weight excluding hydrogens is 232 g/mol. The van der Waals surface area contributed by atoms with E-state index in [1.54, 1.807) is 22.6 Å². The summed E-state index contributed by atoms with van der Waals surface area (Å²) in [7, 11) is 0.